The van der Waals surface area contributed by atoms with E-state index >= 15 is 0 Å². The van der Waals surface area contributed by atoms with Crippen molar-refractivity contribution in [1.82, 2.24) is 9.88 Å². The monoisotopic (exact) mass is 652 g/mol. The fourth-order valence-electron chi connectivity index (χ4n) is 13.1. The number of aliphatic hydroxyl groups is 2. The number of nitrogens with zero attached hydrogens (tertiary/aromatic N) is 2. The van der Waals surface area contributed by atoms with Crippen molar-refractivity contribution < 1.29 is 30.6 Å². The summed E-state index contributed by atoms with van der Waals surface area (Å²) in [5.74, 6) is 2.75. The van der Waals surface area contributed by atoms with Crippen molar-refractivity contribution in [2.75, 3.05) is 19.7 Å². The van der Waals surface area contributed by atoms with Crippen LogP contribution < -0.4 is 0 Å². The average Bonchev–Trinajstić information content (AvgIpc) is 3.62. The molecule has 5 saturated carbocycles. The van der Waals surface area contributed by atoms with Crippen LogP contribution in [0.2, 0.25) is 0 Å². The lowest BCUT2D eigenvalue weighted by atomic mass is 9.46. The van der Waals surface area contributed by atoms with E-state index in [4.69, 9.17) is 14.2 Å². The van der Waals surface area contributed by atoms with Gasteiger partial charge in [0.1, 0.15) is 6.10 Å². The average molecular weight is 653 g/mol. The van der Waals surface area contributed by atoms with Gasteiger partial charge in [-0.2, -0.15) is 0 Å². The minimum Gasteiger partial charge on any atom is -0.388 e. The van der Waals surface area contributed by atoms with Gasteiger partial charge in [-0.3, -0.25) is 9.78 Å². The Morgan fingerprint density at radius 3 is 2.66 bits per heavy atom. The molecule has 2 saturated heterocycles. The van der Waals surface area contributed by atoms with Gasteiger partial charge in [0.2, 0.25) is 5.91 Å². The molecule has 0 radical (unpaired) electrons. The zero-order chi connectivity index (χ0) is 33.0. The maximum atomic E-state index is 13.1. The predicted octanol–water partition coefficient (Wildman–Crippen LogP) is 5.78. The second-order valence-corrected chi connectivity index (χ2v) is 18.2. The molecule has 2 spiro atoms. The molecule has 0 bridgehead atoms. The lowest BCUT2D eigenvalue weighted by Gasteiger charge is -2.60. The third-order valence-corrected chi connectivity index (χ3v) is 15.4. The summed E-state index contributed by atoms with van der Waals surface area (Å²) >= 11 is 0. The van der Waals surface area contributed by atoms with E-state index in [1.807, 2.05) is 23.1 Å². The molecule has 47 heavy (non-hydrogen) atoms. The number of aliphatic hydroxyl groups excluding tert-OH is 1. The number of hydrogen-bond donors (Lipinski definition) is 2. The highest BCUT2D eigenvalue weighted by Crippen LogP contribution is 2.87. The lowest BCUT2D eigenvalue weighted by molar-refractivity contribution is -0.244. The highest BCUT2D eigenvalue weighted by atomic mass is 16.7. The number of rotatable bonds is 6. The van der Waals surface area contributed by atoms with E-state index < -0.39 is 11.7 Å². The van der Waals surface area contributed by atoms with Crippen molar-refractivity contribution in [3.63, 3.8) is 0 Å². The minimum absolute atomic E-state index is 0. The normalized spacial score (nSPS) is 45.9. The molecule has 5 aliphatic carbocycles. The molecule has 12 atom stereocenters. The summed E-state index contributed by atoms with van der Waals surface area (Å²) in [4.78, 5) is 19.4. The molecular formula is C39H60N2O6. The zero-order valence-corrected chi connectivity index (χ0v) is 29.3. The number of fused-ring (bicyclic) bond motifs is 4. The molecule has 3 heterocycles. The molecule has 8 rings (SSSR count). The van der Waals surface area contributed by atoms with Crippen molar-refractivity contribution in [3.05, 3.63) is 30.1 Å². The molecule has 1 amide bonds. The van der Waals surface area contributed by atoms with Crippen LogP contribution in [0, 0.1) is 45.3 Å². The zero-order valence-electron chi connectivity index (χ0n) is 29.3. The van der Waals surface area contributed by atoms with Crippen LogP contribution in [-0.2, 0) is 25.4 Å². The van der Waals surface area contributed by atoms with Gasteiger partial charge in [-0.15, -0.1) is 0 Å². The van der Waals surface area contributed by atoms with Gasteiger partial charge in [0, 0.05) is 19.9 Å². The van der Waals surface area contributed by atoms with Crippen molar-refractivity contribution in [1.29, 1.82) is 0 Å². The molecule has 262 valence electrons. The highest BCUT2D eigenvalue weighted by Gasteiger charge is 2.80. The molecule has 2 aliphatic heterocycles. The number of pyridine rings is 1. The molecule has 0 aromatic carbocycles. The Hall–Kier alpha value is -1.58. The number of morpholine rings is 1. The van der Waals surface area contributed by atoms with E-state index in [0.29, 0.717) is 60.1 Å². The molecule has 7 fully saturated rings. The Balaban J connectivity index is 0.00000364. The highest BCUT2D eigenvalue weighted by molar-refractivity contribution is 5.78. The van der Waals surface area contributed by atoms with Gasteiger partial charge in [-0.05, 0) is 136 Å². The number of carbonyl (C=O) groups is 1. The smallest absolute Gasteiger partial charge is 0.228 e. The van der Waals surface area contributed by atoms with Crippen LogP contribution in [-0.4, -0.2) is 82.0 Å². The van der Waals surface area contributed by atoms with E-state index in [-0.39, 0.29) is 37.4 Å². The molecule has 1 aromatic heterocycles. The first kappa shape index (κ1) is 32.6. The largest absolute Gasteiger partial charge is 0.388 e. The third kappa shape index (κ3) is 5.00. The van der Waals surface area contributed by atoms with Gasteiger partial charge in [0.25, 0.3) is 0 Å². The van der Waals surface area contributed by atoms with Crippen LogP contribution in [0.3, 0.4) is 0 Å². The molecule has 2 N–H and O–H groups in total. The van der Waals surface area contributed by atoms with Crippen molar-refractivity contribution in [2.45, 2.75) is 142 Å². The Morgan fingerprint density at radius 2 is 1.89 bits per heavy atom. The first-order valence-electron chi connectivity index (χ1n) is 18.8. The molecule has 7 aliphatic rings. The maximum absolute atomic E-state index is 13.1. The fourth-order valence-corrected chi connectivity index (χ4v) is 13.1. The van der Waals surface area contributed by atoms with Crippen LogP contribution in [0.5, 0.6) is 0 Å². The Morgan fingerprint density at radius 1 is 1.09 bits per heavy atom. The summed E-state index contributed by atoms with van der Waals surface area (Å²) < 4.78 is 19.7. The topological polar surface area (TPSA) is 101 Å². The summed E-state index contributed by atoms with van der Waals surface area (Å²) in [6.07, 6.45) is 12.8. The van der Waals surface area contributed by atoms with E-state index in [2.05, 4.69) is 25.8 Å². The Bertz CT molecular complexity index is 1360. The van der Waals surface area contributed by atoms with E-state index in [1.165, 1.54) is 38.5 Å². The van der Waals surface area contributed by atoms with E-state index in [9.17, 15) is 15.0 Å². The third-order valence-electron chi connectivity index (χ3n) is 15.4. The minimum atomic E-state index is -1.15. The summed E-state index contributed by atoms with van der Waals surface area (Å²) in [6.45, 7) is 12.5. The number of aromatic nitrogens is 1. The number of carbonyl (C=O) groups excluding carboxylic acids is 1. The lowest BCUT2D eigenvalue weighted by Crippen LogP contribution is -2.56. The second-order valence-electron chi connectivity index (χ2n) is 18.2. The fraction of sp³-hybridized carbons (Fsp3) is 0.846. The van der Waals surface area contributed by atoms with Gasteiger partial charge in [0.05, 0.1) is 43.5 Å². The van der Waals surface area contributed by atoms with E-state index in [1.54, 1.807) is 20.0 Å². The Kier molecular flexibility index (Phi) is 7.78. The molecular weight excluding hydrogens is 592 g/mol. The molecule has 1 aromatic rings. The van der Waals surface area contributed by atoms with Gasteiger partial charge < -0.3 is 29.3 Å². The van der Waals surface area contributed by atoms with Crippen molar-refractivity contribution in [2.24, 2.45) is 45.3 Å². The summed E-state index contributed by atoms with van der Waals surface area (Å²) in [5.41, 5.74) is 0.894. The summed E-state index contributed by atoms with van der Waals surface area (Å²) in [5, 5.41) is 21.4. The predicted molar refractivity (Wildman–Crippen MR) is 179 cm³/mol. The summed E-state index contributed by atoms with van der Waals surface area (Å²) in [6, 6.07) is 5.72. The van der Waals surface area contributed by atoms with Gasteiger partial charge in [-0.25, -0.2) is 0 Å². The van der Waals surface area contributed by atoms with Gasteiger partial charge in [-0.1, -0.05) is 26.8 Å². The molecule has 8 heteroatoms. The quantitative estimate of drug-likeness (QED) is 0.402. The van der Waals surface area contributed by atoms with Crippen LogP contribution in [0.4, 0.5) is 0 Å². The maximum Gasteiger partial charge on any atom is 0.228 e. The van der Waals surface area contributed by atoms with Crippen LogP contribution >= 0.6 is 0 Å². The molecule has 9 unspecified atom stereocenters. The van der Waals surface area contributed by atoms with Crippen LogP contribution in [0.1, 0.15) is 106 Å². The van der Waals surface area contributed by atoms with E-state index in [0.717, 1.165) is 37.3 Å². The first-order chi connectivity index (χ1) is 22.3. The van der Waals surface area contributed by atoms with Crippen molar-refractivity contribution >= 4 is 5.91 Å². The summed E-state index contributed by atoms with van der Waals surface area (Å²) in [7, 11) is 0. The van der Waals surface area contributed by atoms with Gasteiger partial charge >= 0.3 is 0 Å². The second kappa shape index (κ2) is 11.2. The van der Waals surface area contributed by atoms with Crippen LogP contribution in [0.15, 0.2) is 24.4 Å². The Labute approximate surface area is 282 Å². The van der Waals surface area contributed by atoms with Crippen LogP contribution in [0.25, 0.3) is 0 Å². The molecule has 8 nitrogen and oxygen atoms in total. The number of amides is 1. The standard InChI is InChI=1S/C39H58N2O6.H2/c1-35(2)30-12-10-25-27-21-29-26(9-11-28(46-29)34(43)36(3,4)44)37(27,5)15-16-38(25)23-39(30,38)14-13-31(35)47-33-22-41(18-19-45-33)32(42)20-24-8-6-7-17-40-24;/h6-8,17,25-31,33-34,43-44H,9-16,18-23H2,1-5H3;1H/t25?,26?,27?,28?,29?,30?,31-,33?,34-,37?,38-,39?;/m0./s1. The number of hydrogen-bond acceptors (Lipinski definition) is 7. The van der Waals surface area contributed by atoms with Crippen molar-refractivity contribution in [3.8, 4) is 0 Å². The SMILES string of the molecule is CC12CC[C@@]34CC35CC[C@H](OC3CN(C(=O)Cc6ccccn6)CCO3)C(C)(C)C5CCC4C1CC1OC([C@H](O)C(C)(C)O)CCC12.[HH]. The number of ether oxygens (including phenoxy) is 3. The first-order valence-corrected chi connectivity index (χ1v) is 18.8. The van der Waals surface area contributed by atoms with Gasteiger partial charge in [0.15, 0.2) is 6.29 Å².